The summed E-state index contributed by atoms with van der Waals surface area (Å²) in [5.74, 6) is -0.677. The molecule has 0 saturated carbocycles. The number of methoxy groups -OCH3 is 1. The van der Waals surface area contributed by atoms with Gasteiger partial charge in [0.05, 0.1) is 19.4 Å². The monoisotopic (exact) mass is 289 g/mol. The van der Waals surface area contributed by atoms with Crippen molar-refractivity contribution in [2.24, 2.45) is 7.05 Å². The number of hydrogen-bond acceptors (Lipinski definition) is 6. The van der Waals surface area contributed by atoms with Crippen LogP contribution in [0.25, 0.3) is 0 Å². The minimum absolute atomic E-state index is 0.0157. The molecule has 2 atom stereocenters. The molecule has 0 bridgehead atoms. The molecule has 2 heterocycles. The van der Waals surface area contributed by atoms with Crippen molar-refractivity contribution in [2.45, 2.75) is 23.5 Å². The Labute approximate surface area is 110 Å². The lowest BCUT2D eigenvalue weighted by molar-refractivity contribution is -0.144. The molecule has 0 aliphatic carbocycles. The lowest BCUT2D eigenvalue weighted by Gasteiger charge is -2.20. The van der Waals surface area contributed by atoms with E-state index in [2.05, 4.69) is 9.84 Å². The molecular formula is C10H15N3O5S. The fourth-order valence-electron chi connectivity index (χ4n) is 2.07. The third-order valence-electron chi connectivity index (χ3n) is 2.99. The van der Waals surface area contributed by atoms with Crippen molar-refractivity contribution < 1.29 is 23.1 Å². The van der Waals surface area contributed by atoms with Gasteiger partial charge in [-0.1, -0.05) is 0 Å². The van der Waals surface area contributed by atoms with E-state index in [9.17, 15) is 18.3 Å². The van der Waals surface area contributed by atoms with Crippen molar-refractivity contribution in [3.05, 3.63) is 12.4 Å². The van der Waals surface area contributed by atoms with Gasteiger partial charge >= 0.3 is 5.97 Å². The van der Waals surface area contributed by atoms with Gasteiger partial charge in [-0.25, -0.2) is 8.42 Å². The molecule has 0 radical (unpaired) electrons. The average Bonchev–Trinajstić information content (AvgIpc) is 2.95. The van der Waals surface area contributed by atoms with Crippen molar-refractivity contribution >= 4 is 16.0 Å². The van der Waals surface area contributed by atoms with E-state index in [1.54, 1.807) is 7.05 Å². The van der Waals surface area contributed by atoms with Gasteiger partial charge in [0.2, 0.25) is 10.0 Å². The third-order valence-corrected chi connectivity index (χ3v) is 4.82. The van der Waals surface area contributed by atoms with Crippen LogP contribution in [0.1, 0.15) is 6.42 Å². The number of nitrogens with zero attached hydrogens (tertiary/aromatic N) is 3. The number of aryl methyl sites for hydroxylation is 1. The van der Waals surface area contributed by atoms with E-state index in [4.69, 9.17) is 0 Å². The van der Waals surface area contributed by atoms with Crippen molar-refractivity contribution in [1.82, 2.24) is 14.1 Å². The number of aliphatic hydroxyl groups is 1. The Kier molecular flexibility index (Phi) is 3.61. The van der Waals surface area contributed by atoms with Crippen LogP contribution in [0.3, 0.4) is 0 Å². The number of aliphatic hydroxyl groups excluding tert-OH is 1. The Balaban J connectivity index is 2.36. The van der Waals surface area contributed by atoms with Crippen molar-refractivity contribution in [3.63, 3.8) is 0 Å². The summed E-state index contributed by atoms with van der Waals surface area (Å²) in [4.78, 5) is 11.6. The van der Waals surface area contributed by atoms with Crippen LogP contribution in [0.5, 0.6) is 0 Å². The molecule has 1 aliphatic rings. The minimum Gasteiger partial charge on any atom is -0.468 e. The highest BCUT2D eigenvalue weighted by Gasteiger charge is 2.44. The lowest BCUT2D eigenvalue weighted by Crippen LogP contribution is -2.41. The van der Waals surface area contributed by atoms with E-state index in [0.29, 0.717) is 0 Å². The van der Waals surface area contributed by atoms with Gasteiger partial charge in [-0.2, -0.15) is 9.40 Å². The average molecular weight is 289 g/mol. The van der Waals surface area contributed by atoms with Crippen LogP contribution in [0.4, 0.5) is 0 Å². The molecule has 106 valence electrons. The summed E-state index contributed by atoms with van der Waals surface area (Å²) in [6.07, 6.45) is 1.70. The quantitative estimate of drug-likeness (QED) is 0.695. The first-order valence-corrected chi connectivity index (χ1v) is 7.06. The number of hydrogen-bond donors (Lipinski definition) is 1. The zero-order valence-electron chi connectivity index (χ0n) is 10.6. The first-order chi connectivity index (χ1) is 8.86. The van der Waals surface area contributed by atoms with Gasteiger partial charge < -0.3 is 9.84 Å². The summed E-state index contributed by atoms with van der Waals surface area (Å²) in [6.45, 7) is -0.128. The molecule has 1 aromatic rings. The Hall–Kier alpha value is -1.45. The molecule has 2 rings (SSSR count). The Morgan fingerprint density at radius 2 is 2.26 bits per heavy atom. The molecule has 19 heavy (non-hydrogen) atoms. The number of ether oxygens (including phenoxy) is 1. The summed E-state index contributed by atoms with van der Waals surface area (Å²) in [5.41, 5.74) is 0. The first kappa shape index (κ1) is 14.0. The molecule has 9 heteroatoms. The smallest absolute Gasteiger partial charge is 0.324 e. The highest BCUT2D eigenvalue weighted by Crippen LogP contribution is 2.26. The molecule has 1 saturated heterocycles. The molecule has 1 aromatic heterocycles. The Morgan fingerprint density at radius 3 is 2.79 bits per heavy atom. The van der Waals surface area contributed by atoms with Gasteiger partial charge in [0.1, 0.15) is 10.9 Å². The van der Waals surface area contributed by atoms with Gasteiger partial charge in [0.25, 0.3) is 0 Å². The number of rotatable bonds is 3. The summed E-state index contributed by atoms with van der Waals surface area (Å²) in [7, 11) is -1.09. The van der Waals surface area contributed by atoms with Crippen LogP contribution >= 0.6 is 0 Å². The lowest BCUT2D eigenvalue weighted by atomic mass is 10.2. The minimum atomic E-state index is -3.87. The third kappa shape index (κ3) is 2.48. The summed E-state index contributed by atoms with van der Waals surface area (Å²) < 4.78 is 31.6. The van der Waals surface area contributed by atoms with Crippen molar-refractivity contribution in [2.75, 3.05) is 13.7 Å². The highest BCUT2D eigenvalue weighted by molar-refractivity contribution is 7.89. The number of β-amino-alcohol motifs (C(OH)–C–C–N with tert-alkyl or cyclic N) is 1. The SMILES string of the molecule is COC(=O)C1CC(O)CN1S(=O)(=O)c1cnn(C)c1. The summed E-state index contributed by atoms with van der Waals surface area (Å²) >= 11 is 0. The van der Waals surface area contributed by atoms with Crippen LogP contribution in [-0.2, 0) is 26.6 Å². The van der Waals surface area contributed by atoms with Crippen LogP contribution in [0.15, 0.2) is 17.3 Å². The predicted octanol–water partition coefficient (Wildman–Crippen LogP) is -1.28. The fourth-order valence-corrected chi connectivity index (χ4v) is 3.68. The van der Waals surface area contributed by atoms with Gasteiger partial charge in [-0.15, -0.1) is 0 Å². The molecular weight excluding hydrogens is 274 g/mol. The van der Waals surface area contributed by atoms with E-state index in [1.165, 1.54) is 24.2 Å². The van der Waals surface area contributed by atoms with Gasteiger partial charge in [0, 0.05) is 26.2 Å². The molecule has 1 aliphatic heterocycles. The maximum atomic E-state index is 12.4. The fraction of sp³-hybridized carbons (Fsp3) is 0.600. The van der Waals surface area contributed by atoms with E-state index in [0.717, 1.165) is 4.31 Å². The molecule has 1 fully saturated rings. The normalized spacial score (nSPS) is 24.6. The first-order valence-electron chi connectivity index (χ1n) is 5.62. The van der Waals surface area contributed by atoms with Crippen molar-refractivity contribution in [1.29, 1.82) is 0 Å². The van der Waals surface area contributed by atoms with Crippen LogP contribution in [0.2, 0.25) is 0 Å². The van der Waals surface area contributed by atoms with Gasteiger partial charge in [-0.3, -0.25) is 9.48 Å². The standard InChI is InChI=1S/C10H15N3O5S/c1-12-6-8(4-11-12)19(16,17)13-5-7(14)3-9(13)10(15)18-2/h4,6-7,9,14H,3,5H2,1-2H3. The van der Waals surface area contributed by atoms with E-state index >= 15 is 0 Å². The molecule has 0 aromatic carbocycles. The highest BCUT2D eigenvalue weighted by atomic mass is 32.2. The number of carbonyl (C=O) groups excluding carboxylic acids is 1. The number of carbonyl (C=O) groups is 1. The maximum absolute atomic E-state index is 12.4. The zero-order chi connectivity index (χ0) is 14.2. The molecule has 0 spiro atoms. The van der Waals surface area contributed by atoms with Gasteiger partial charge in [-0.05, 0) is 0 Å². The topological polar surface area (TPSA) is 102 Å². The Bertz CT molecular complexity index is 582. The van der Waals surface area contributed by atoms with Crippen LogP contribution in [-0.4, -0.2) is 59.4 Å². The van der Waals surface area contributed by atoms with E-state index in [-0.39, 0.29) is 17.9 Å². The van der Waals surface area contributed by atoms with Crippen LogP contribution in [0, 0.1) is 0 Å². The zero-order valence-corrected chi connectivity index (χ0v) is 11.4. The second-order valence-corrected chi connectivity index (χ2v) is 6.24. The van der Waals surface area contributed by atoms with Gasteiger partial charge in [0.15, 0.2) is 0 Å². The van der Waals surface area contributed by atoms with E-state index < -0.39 is 28.1 Å². The maximum Gasteiger partial charge on any atom is 0.324 e. The second kappa shape index (κ2) is 4.91. The Morgan fingerprint density at radius 1 is 1.58 bits per heavy atom. The van der Waals surface area contributed by atoms with E-state index in [1.807, 2.05) is 0 Å². The molecule has 1 N–H and O–H groups in total. The number of esters is 1. The number of aromatic nitrogens is 2. The van der Waals surface area contributed by atoms with Crippen LogP contribution < -0.4 is 0 Å². The summed E-state index contributed by atoms with van der Waals surface area (Å²) in [6, 6.07) is -0.995. The largest absolute Gasteiger partial charge is 0.468 e. The number of sulfonamides is 1. The molecule has 8 nitrogen and oxygen atoms in total. The second-order valence-electron chi connectivity index (χ2n) is 4.35. The predicted molar refractivity (Wildman–Crippen MR) is 63.5 cm³/mol. The summed E-state index contributed by atoms with van der Waals surface area (Å²) in [5, 5.41) is 13.4. The molecule has 2 unspecified atom stereocenters. The van der Waals surface area contributed by atoms with Crippen molar-refractivity contribution in [3.8, 4) is 0 Å². The molecule has 0 amide bonds.